The fourth-order valence-electron chi connectivity index (χ4n) is 5.85. The molecular weight excluding hydrogens is 374 g/mol. The highest BCUT2D eigenvalue weighted by atomic mass is 16.7. The third-order valence-electron chi connectivity index (χ3n) is 6.98. The summed E-state index contributed by atoms with van der Waals surface area (Å²) in [7, 11) is 5.29. The average Bonchev–Trinajstić information content (AvgIpc) is 3.06. The molecule has 7 nitrogen and oxygen atoms in total. The fourth-order valence-corrected chi connectivity index (χ4v) is 5.85. The van der Waals surface area contributed by atoms with Crippen molar-refractivity contribution < 1.29 is 28.5 Å². The first-order valence-corrected chi connectivity index (χ1v) is 10.1. The second-order valence-corrected chi connectivity index (χ2v) is 8.36. The van der Waals surface area contributed by atoms with Crippen LogP contribution >= 0.6 is 0 Å². The zero-order valence-electron chi connectivity index (χ0n) is 17.1. The number of likely N-dealkylation sites (N-methyl/N-ethyl adjacent to an activating group) is 1. The number of likely N-dealkylation sites (tertiary alicyclic amines) is 1. The lowest BCUT2D eigenvalue weighted by Gasteiger charge is -2.56. The number of nitrogens with zero attached hydrogens (tertiary/aromatic N) is 1. The molecule has 1 saturated heterocycles. The van der Waals surface area contributed by atoms with E-state index in [0.717, 1.165) is 25.1 Å². The molecule has 7 heteroatoms. The fraction of sp³-hybridized carbons (Fsp3) is 0.591. The number of ether oxygens (including phenoxy) is 5. The van der Waals surface area contributed by atoms with Gasteiger partial charge in [-0.1, -0.05) is 12.1 Å². The molecule has 2 heterocycles. The van der Waals surface area contributed by atoms with Gasteiger partial charge in [0.15, 0.2) is 24.4 Å². The van der Waals surface area contributed by atoms with Gasteiger partial charge in [0.25, 0.3) is 0 Å². The molecule has 5 atom stereocenters. The van der Waals surface area contributed by atoms with Crippen molar-refractivity contribution in [2.45, 2.75) is 36.5 Å². The van der Waals surface area contributed by atoms with Gasteiger partial charge in [0, 0.05) is 37.2 Å². The van der Waals surface area contributed by atoms with E-state index in [2.05, 4.69) is 24.1 Å². The average molecular weight is 401 g/mol. The molecule has 0 saturated carbocycles. The zero-order valence-corrected chi connectivity index (χ0v) is 17.1. The predicted molar refractivity (Wildman–Crippen MR) is 104 cm³/mol. The lowest BCUT2D eigenvalue weighted by atomic mass is 9.53. The Morgan fingerprint density at radius 2 is 2.14 bits per heavy atom. The van der Waals surface area contributed by atoms with Crippen LogP contribution in [0.25, 0.3) is 0 Å². The molecule has 1 spiro atoms. The number of esters is 1. The first-order valence-electron chi connectivity index (χ1n) is 10.1. The van der Waals surface area contributed by atoms with E-state index in [1.165, 1.54) is 18.2 Å². The topological polar surface area (TPSA) is 66.5 Å². The number of carbonyl (C=O) groups is 1. The minimum Gasteiger partial charge on any atom is -0.481 e. The molecule has 1 aromatic carbocycles. The Morgan fingerprint density at radius 1 is 1.28 bits per heavy atom. The maximum absolute atomic E-state index is 12.2. The molecule has 2 aliphatic heterocycles. The lowest BCUT2D eigenvalue weighted by molar-refractivity contribution is -0.159. The van der Waals surface area contributed by atoms with Crippen LogP contribution in [0, 0.1) is 5.92 Å². The third-order valence-corrected chi connectivity index (χ3v) is 6.98. The van der Waals surface area contributed by atoms with Gasteiger partial charge in [-0.2, -0.15) is 0 Å². The molecule has 4 aliphatic rings. The van der Waals surface area contributed by atoms with Crippen molar-refractivity contribution in [2.75, 3.05) is 41.2 Å². The largest absolute Gasteiger partial charge is 0.481 e. The van der Waals surface area contributed by atoms with Gasteiger partial charge in [0.1, 0.15) is 12.7 Å². The van der Waals surface area contributed by atoms with Crippen LogP contribution in [-0.2, 0) is 30.8 Å². The van der Waals surface area contributed by atoms with E-state index in [1.807, 2.05) is 12.1 Å². The van der Waals surface area contributed by atoms with E-state index in [0.29, 0.717) is 17.7 Å². The Kier molecular flexibility index (Phi) is 4.57. The molecule has 2 unspecified atom stereocenters. The summed E-state index contributed by atoms with van der Waals surface area (Å²) in [6.07, 6.45) is 5.45. The minimum absolute atomic E-state index is 0.0702. The highest BCUT2D eigenvalue weighted by Crippen LogP contribution is 2.62. The van der Waals surface area contributed by atoms with Crippen LogP contribution in [0.4, 0.5) is 0 Å². The molecule has 1 aromatic rings. The summed E-state index contributed by atoms with van der Waals surface area (Å²) >= 11 is 0. The predicted octanol–water partition coefficient (Wildman–Crippen LogP) is 1.67. The summed E-state index contributed by atoms with van der Waals surface area (Å²) in [5, 5.41) is 0. The van der Waals surface area contributed by atoms with Gasteiger partial charge >= 0.3 is 5.97 Å². The van der Waals surface area contributed by atoms with E-state index < -0.39 is 6.10 Å². The summed E-state index contributed by atoms with van der Waals surface area (Å²) in [6, 6.07) is 4.53. The van der Waals surface area contributed by atoms with Crippen LogP contribution in [0.5, 0.6) is 11.5 Å². The number of benzene rings is 1. The van der Waals surface area contributed by atoms with Crippen LogP contribution in [0.2, 0.25) is 0 Å². The molecule has 0 aromatic heterocycles. The summed E-state index contributed by atoms with van der Waals surface area (Å²) < 4.78 is 28.2. The van der Waals surface area contributed by atoms with Gasteiger partial charge in [-0.3, -0.25) is 0 Å². The van der Waals surface area contributed by atoms with Crippen molar-refractivity contribution >= 4 is 5.97 Å². The first-order chi connectivity index (χ1) is 14.1. The Balaban J connectivity index is 1.61. The molecular formula is C22H27NO6. The second-order valence-electron chi connectivity index (χ2n) is 8.36. The highest BCUT2D eigenvalue weighted by molar-refractivity contribution is 5.71. The summed E-state index contributed by atoms with van der Waals surface area (Å²) in [5.41, 5.74) is 2.33. The SMILES string of the molecule is COCOc1ccc2c3c1OC1C(OC(=O)COC)C=C[C@H]4[C@@H](C2)N(C)CC[C@]314. The molecule has 2 bridgehead atoms. The lowest BCUT2D eigenvalue weighted by Crippen LogP contribution is -2.65. The molecule has 0 N–H and O–H groups in total. The second kappa shape index (κ2) is 7.00. The van der Waals surface area contributed by atoms with Gasteiger partial charge in [-0.25, -0.2) is 4.79 Å². The highest BCUT2D eigenvalue weighted by Gasteiger charge is 2.65. The normalized spacial score (nSPS) is 33.8. The number of hydrogen-bond donors (Lipinski definition) is 0. The Labute approximate surface area is 170 Å². The number of piperidine rings is 1. The summed E-state index contributed by atoms with van der Waals surface area (Å²) in [6.45, 7) is 1.07. The maximum Gasteiger partial charge on any atom is 0.332 e. The van der Waals surface area contributed by atoms with Crippen molar-refractivity contribution in [3.8, 4) is 11.5 Å². The Bertz CT molecular complexity index is 854. The van der Waals surface area contributed by atoms with E-state index in [9.17, 15) is 4.79 Å². The van der Waals surface area contributed by atoms with Crippen molar-refractivity contribution in [2.24, 2.45) is 5.92 Å². The van der Waals surface area contributed by atoms with Gasteiger partial charge in [-0.15, -0.1) is 0 Å². The monoisotopic (exact) mass is 401 g/mol. The van der Waals surface area contributed by atoms with Crippen molar-refractivity contribution in [3.63, 3.8) is 0 Å². The van der Waals surface area contributed by atoms with Gasteiger partial charge in [0.2, 0.25) is 0 Å². The van der Waals surface area contributed by atoms with Crippen LogP contribution in [0.1, 0.15) is 17.5 Å². The zero-order chi connectivity index (χ0) is 20.2. The smallest absolute Gasteiger partial charge is 0.332 e. The number of methoxy groups -OCH3 is 2. The van der Waals surface area contributed by atoms with Crippen molar-refractivity contribution in [1.29, 1.82) is 0 Å². The standard InChI is InChI=1S/C22H27NO6/c1-23-9-8-22-14-5-7-17(28-18(24)11-25-2)21(22)29-20-16(27-12-26-3)6-4-13(19(20)22)10-15(14)23/h4-7,14-15,17,21H,8-12H2,1-3H3/t14-,15+,17?,21?,22-/m0/s1. The number of hydrogen-bond acceptors (Lipinski definition) is 7. The van der Waals surface area contributed by atoms with E-state index >= 15 is 0 Å². The molecule has 156 valence electrons. The maximum atomic E-state index is 12.2. The molecule has 0 amide bonds. The first kappa shape index (κ1) is 18.9. The van der Waals surface area contributed by atoms with E-state index in [4.69, 9.17) is 23.7 Å². The van der Waals surface area contributed by atoms with Crippen molar-refractivity contribution in [1.82, 2.24) is 4.90 Å². The molecule has 5 rings (SSSR count). The van der Waals surface area contributed by atoms with Gasteiger partial charge in [-0.05, 0) is 44.1 Å². The molecule has 2 aliphatic carbocycles. The van der Waals surface area contributed by atoms with Gasteiger partial charge in [0.05, 0.1) is 0 Å². The Hall–Kier alpha value is -2.09. The van der Waals surface area contributed by atoms with Crippen molar-refractivity contribution in [3.05, 3.63) is 35.4 Å². The van der Waals surface area contributed by atoms with Crippen LogP contribution < -0.4 is 9.47 Å². The van der Waals surface area contributed by atoms with Crippen LogP contribution in [-0.4, -0.2) is 70.3 Å². The third kappa shape index (κ3) is 2.64. The molecule has 0 radical (unpaired) electrons. The van der Waals surface area contributed by atoms with Crippen LogP contribution in [0.15, 0.2) is 24.3 Å². The van der Waals surface area contributed by atoms with E-state index in [-0.39, 0.29) is 30.9 Å². The number of rotatable bonds is 6. The quantitative estimate of drug-likeness (QED) is 0.408. The Morgan fingerprint density at radius 3 is 2.93 bits per heavy atom. The minimum atomic E-state index is -0.452. The van der Waals surface area contributed by atoms with Crippen LogP contribution in [0.3, 0.4) is 0 Å². The van der Waals surface area contributed by atoms with Gasteiger partial charge < -0.3 is 28.6 Å². The molecule has 1 fully saturated rings. The van der Waals surface area contributed by atoms with E-state index in [1.54, 1.807) is 7.11 Å². The summed E-state index contributed by atoms with van der Waals surface area (Å²) in [5.74, 6) is 1.41. The number of carbonyl (C=O) groups excluding carboxylic acids is 1. The molecule has 29 heavy (non-hydrogen) atoms. The summed E-state index contributed by atoms with van der Waals surface area (Å²) in [4.78, 5) is 14.6.